The first kappa shape index (κ1) is 16.1. The molecular formula is C17H10FN3OS3. The summed E-state index contributed by atoms with van der Waals surface area (Å²) < 4.78 is 14.1. The Kier molecular flexibility index (Phi) is 4.39. The zero-order valence-electron chi connectivity index (χ0n) is 12.6. The molecule has 0 radical (unpaired) electrons. The van der Waals surface area contributed by atoms with E-state index in [0.717, 1.165) is 4.88 Å². The fourth-order valence-electron chi connectivity index (χ4n) is 2.15. The van der Waals surface area contributed by atoms with Crippen LogP contribution >= 0.6 is 34.0 Å². The number of thiophene rings is 2. The van der Waals surface area contributed by atoms with Crippen LogP contribution in [-0.4, -0.2) is 17.1 Å². The molecule has 0 unspecified atom stereocenters. The van der Waals surface area contributed by atoms with Crippen LogP contribution in [0.2, 0.25) is 0 Å². The van der Waals surface area contributed by atoms with E-state index in [1.54, 1.807) is 18.3 Å². The summed E-state index contributed by atoms with van der Waals surface area (Å²) in [7, 11) is 0. The molecule has 3 aromatic heterocycles. The predicted octanol–water partition coefficient (Wildman–Crippen LogP) is 5.24. The van der Waals surface area contributed by atoms with Crippen LogP contribution in [0.4, 0.5) is 9.52 Å². The van der Waals surface area contributed by atoms with Gasteiger partial charge < -0.3 is 0 Å². The summed E-state index contributed by atoms with van der Waals surface area (Å²) in [6.45, 7) is 0. The Hall–Kier alpha value is -2.42. The van der Waals surface area contributed by atoms with Crippen LogP contribution < -0.4 is 5.01 Å². The molecule has 4 rings (SSSR count). The molecule has 4 aromatic rings. The minimum Gasteiger partial charge on any atom is -0.266 e. The van der Waals surface area contributed by atoms with Crippen LogP contribution in [0.3, 0.4) is 0 Å². The van der Waals surface area contributed by atoms with Gasteiger partial charge in [0.2, 0.25) is 5.13 Å². The number of hydrazone groups is 1. The zero-order valence-corrected chi connectivity index (χ0v) is 15.1. The Balaban J connectivity index is 1.76. The van der Waals surface area contributed by atoms with Crippen molar-refractivity contribution in [3.8, 4) is 0 Å². The first-order chi connectivity index (χ1) is 12.2. The van der Waals surface area contributed by atoms with Gasteiger partial charge in [-0.15, -0.1) is 22.7 Å². The SMILES string of the molecule is O=C(c1cccs1)N(/N=C/c1cccs1)c1nc2ccc(F)cc2s1. The van der Waals surface area contributed by atoms with Crippen molar-refractivity contribution in [2.75, 3.05) is 5.01 Å². The van der Waals surface area contributed by atoms with Gasteiger partial charge in [0.25, 0.3) is 5.91 Å². The number of benzene rings is 1. The number of thiazole rings is 1. The lowest BCUT2D eigenvalue weighted by Gasteiger charge is -2.12. The highest BCUT2D eigenvalue weighted by molar-refractivity contribution is 7.22. The second-order valence-corrected chi connectivity index (χ2v) is 7.90. The standard InChI is InChI=1S/C17H10FN3OS3/c18-11-5-6-13-15(9-11)25-17(20-13)21(16(22)14-4-2-8-24-14)19-10-12-3-1-7-23-12/h1-10H/b19-10+. The molecule has 0 bridgehead atoms. The van der Waals surface area contributed by atoms with Crippen molar-refractivity contribution >= 4 is 61.5 Å². The monoisotopic (exact) mass is 387 g/mol. The van der Waals surface area contributed by atoms with Gasteiger partial charge in [0.15, 0.2) is 0 Å². The first-order valence-electron chi connectivity index (χ1n) is 7.22. The van der Waals surface area contributed by atoms with E-state index in [1.165, 1.54) is 51.2 Å². The minimum absolute atomic E-state index is 0.262. The summed E-state index contributed by atoms with van der Waals surface area (Å²) in [6, 6.07) is 11.7. The molecule has 3 heterocycles. The number of hydrogen-bond acceptors (Lipinski definition) is 6. The molecule has 0 N–H and O–H groups in total. The minimum atomic E-state index is -0.332. The second kappa shape index (κ2) is 6.83. The Morgan fingerprint density at radius 2 is 2.00 bits per heavy atom. The third kappa shape index (κ3) is 3.37. The van der Waals surface area contributed by atoms with Crippen molar-refractivity contribution in [3.05, 3.63) is 68.8 Å². The fraction of sp³-hybridized carbons (Fsp3) is 0. The molecular weight excluding hydrogens is 377 g/mol. The summed E-state index contributed by atoms with van der Waals surface area (Å²) in [6.07, 6.45) is 1.63. The normalized spacial score (nSPS) is 11.4. The van der Waals surface area contributed by atoms with Gasteiger partial charge in [-0.05, 0) is 41.1 Å². The van der Waals surface area contributed by atoms with Crippen molar-refractivity contribution in [2.45, 2.75) is 0 Å². The van der Waals surface area contributed by atoms with Gasteiger partial charge in [0.1, 0.15) is 5.82 Å². The first-order valence-corrected chi connectivity index (χ1v) is 9.80. The average Bonchev–Trinajstić information content (AvgIpc) is 3.36. The number of amides is 1. The van der Waals surface area contributed by atoms with E-state index in [0.29, 0.717) is 20.2 Å². The number of anilines is 1. The third-order valence-corrected chi connectivity index (χ3v) is 5.95. The quantitative estimate of drug-likeness (QED) is 0.355. The van der Waals surface area contributed by atoms with Crippen LogP contribution in [0.1, 0.15) is 14.5 Å². The Morgan fingerprint density at radius 1 is 1.16 bits per heavy atom. The lowest BCUT2D eigenvalue weighted by atomic mass is 10.3. The zero-order chi connectivity index (χ0) is 17.2. The van der Waals surface area contributed by atoms with Crippen molar-refractivity contribution < 1.29 is 9.18 Å². The average molecular weight is 387 g/mol. The molecule has 0 aliphatic heterocycles. The Labute approximate surface area is 154 Å². The number of fused-ring (bicyclic) bond motifs is 1. The number of rotatable bonds is 4. The molecule has 1 amide bonds. The van der Waals surface area contributed by atoms with E-state index in [-0.39, 0.29) is 11.7 Å². The number of carbonyl (C=O) groups is 1. The van der Waals surface area contributed by atoms with Crippen LogP contribution in [0.25, 0.3) is 10.2 Å². The van der Waals surface area contributed by atoms with Gasteiger partial charge >= 0.3 is 0 Å². The number of nitrogens with zero attached hydrogens (tertiary/aromatic N) is 3. The molecule has 0 atom stereocenters. The highest BCUT2D eigenvalue weighted by Crippen LogP contribution is 2.31. The Morgan fingerprint density at radius 3 is 2.76 bits per heavy atom. The topological polar surface area (TPSA) is 45.6 Å². The maximum Gasteiger partial charge on any atom is 0.290 e. The molecule has 124 valence electrons. The number of aromatic nitrogens is 1. The van der Waals surface area contributed by atoms with E-state index >= 15 is 0 Å². The van der Waals surface area contributed by atoms with Crippen LogP contribution in [0.15, 0.2) is 58.3 Å². The number of hydrogen-bond donors (Lipinski definition) is 0. The lowest BCUT2D eigenvalue weighted by molar-refractivity contribution is 0.0991. The lowest BCUT2D eigenvalue weighted by Crippen LogP contribution is -2.24. The molecule has 0 spiro atoms. The number of carbonyl (C=O) groups excluding carboxylic acids is 1. The van der Waals surface area contributed by atoms with E-state index in [4.69, 9.17) is 0 Å². The van der Waals surface area contributed by atoms with Gasteiger partial charge in [-0.1, -0.05) is 23.5 Å². The smallest absolute Gasteiger partial charge is 0.266 e. The van der Waals surface area contributed by atoms with E-state index < -0.39 is 0 Å². The van der Waals surface area contributed by atoms with Gasteiger partial charge in [-0.25, -0.2) is 9.37 Å². The van der Waals surface area contributed by atoms with Crippen molar-refractivity contribution in [1.82, 2.24) is 4.98 Å². The summed E-state index contributed by atoms with van der Waals surface area (Å²) in [5.74, 6) is -0.594. The van der Waals surface area contributed by atoms with E-state index in [2.05, 4.69) is 10.1 Å². The summed E-state index contributed by atoms with van der Waals surface area (Å²) in [5.41, 5.74) is 0.636. The summed E-state index contributed by atoms with van der Waals surface area (Å²) in [5, 5.41) is 9.79. The highest BCUT2D eigenvalue weighted by atomic mass is 32.1. The van der Waals surface area contributed by atoms with E-state index in [9.17, 15) is 9.18 Å². The van der Waals surface area contributed by atoms with Crippen LogP contribution in [0, 0.1) is 5.82 Å². The van der Waals surface area contributed by atoms with E-state index in [1.807, 2.05) is 29.0 Å². The van der Waals surface area contributed by atoms with Gasteiger partial charge in [0.05, 0.1) is 21.3 Å². The maximum atomic E-state index is 13.4. The molecule has 4 nitrogen and oxygen atoms in total. The maximum absolute atomic E-state index is 13.4. The summed E-state index contributed by atoms with van der Waals surface area (Å²) >= 11 is 4.10. The molecule has 8 heteroatoms. The van der Waals surface area contributed by atoms with Gasteiger partial charge in [-0.2, -0.15) is 10.1 Å². The second-order valence-electron chi connectivity index (χ2n) is 4.96. The van der Waals surface area contributed by atoms with Crippen molar-refractivity contribution in [1.29, 1.82) is 0 Å². The van der Waals surface area contributed by atoms with Crippen LogP contribution in [0.5, 0.6) is 0 Å². The van der Waals surface area contributed by atoms with Gasteiger partial charge in [-0.3, -0.25) is 4.79 Å². The van der Waals surface area contributed by atoms with Gasteiger partial charge in [0, 0.05) is 4.88 Å². The Bertz CT molecular complexity index is 1040. The van der Waals surface area contributed by atoms with Crippen molar-refractivity contribution in [2.24, 2.45) is 5.10 Å². The molecule has 0 aliphatic rings. The highest BCUT2D eigenvalue weighted by Gasteiger charge is 2.21. The molecule has 25 heavy (non-hydrogen) atoms. The summed E-state index contributed by atoms with van der Waals surface area (Å²) in [4.78, 5) is 18.8. The van der Waals surface area contributed by atoms with Crippen LogP contribution in [-0.2, 0) is 0 Å². The predicted molar refractivity (Wildman–Crippen MR) is 103 cm³/mol. The molecule has 0 aliphatic carbocycles. The number of halogens is 1. The molecule has 0 saturated carbocycles. The third-order valence-electron chi connectivity index (χ3n) is 3.29. The molecule has 0 saturated heterocycles. The molecule has 0 fully saturated rings. The molecule has 1 aromatic carbocycles. The van der Waals surface area contributed by atoms with Crippen molar-refractivity contribution in [3.63, 3.8) is 0 Å². The fourth-order valence-corrected chi connectivity index (χ4v) is 4.32. The largest absolute Gasteiger partial charge is 0.290 e.